The minimum Gasteiger partial charge on any atom is -0.273 e. The maximum atomic E-state index is 12.5. The van der Waals surface area contributed by atoms with Gasteiger partial charge in [-0.25, -0.2) is 4.79 Å². The van der Waals surface area contributed by atoms with Gasteiger partial charge in [0.1, 0.15) is 5.92 Å². The van der Waals surface area contributed by atoms with Gasteiger partial charge >= 0.3 is 6.03 Å². The molecule has 1 aliphatic heterocycles. The van der Waals surface area contributed by atoms with Crippen LogP contribution in [0.3, 0.4) is 0 Å². The Morgan fingerprint density at radius 1 is 0.962 bits per heavy atom. The molecular formula is C21H26N2O3. The number of benzene rings is 1. The number of barbiturate groups is 1. The van der Waals surface area contributed by atoms with Crippen LogP contribution in [0.2, 0.25) is 0 Å². The van der Waals surface area contributed by atoms with Crippen molar-refractivity contribution in [3.8, 4) is 0 Å². The molecule has 0 atom stereocenters. The lowest BCUT2D eigenvalue weighted by atomic mass is 9.70. The quantitative estimate of drug-likeness (QED) is 0.767. The summed E-state index contributed by atoms with van der Waals surface area (Å²) < 4.78 is 0. The topological polar surface area (TPSA) is 57.7 Å². The second-order valence-corrected chi connectivity index (χ2v) is 8.12. The number of imide groups is 2. The molecular weight excluding hydrogens is 328 g/mol. The Balaban J connectivity index is 1.65. The van der Waals surface area contributed by atoms with Crippen molar-refractivity contribution in [1.82, 2.24) is 9.80 Å². The Bertz CT molecular complexity index is 755. The van der Waals surface area contributed by atoms with Crippen LogP contribution in [-0.4, -0.2) is 41.7 Å². The van der Waals surface area contributed by atoms with Crippen LogP contribution in [-0.2, 0) is 27.8 Å². The first-order valence-corrected chi connectivity index (χ1v) is 9.65. The summed E-state index contributed by atoms with van der Waals surface area (Å²) in [5.41, 5.74) is 4.21. The number of amides is 4. The van der Waals surface area contributed by atoms with Crippen LogP contribution in [0.4, 0.5) is 4.79 Å². The van der Waals surface area contributed by atoms with Crippen molar-refractivity contribution in [3.05, 3.63) is 34.9 Å². The summed E-state index contributed by atoms with van der Waals surface area (Å²) in [6.07, 6.45) is 9.03. The molecule has 0 aromatic heterocycles. The molecule has 1 aromatic carbocycles. The average molecular weight is 354 g/mol. The van der Waals surface area contributed by atoms with Gasteiger partial charge in [0, 0.05) is 14.1 Å². The molecule has 1 aromatic rings. The van der Waals surface area contributed by atoms with E-state index in [-0.39, 0.29) is 11.8 Å². The largest absolute Gasteiger partial charge is 0.332 e. The van der Waals surface area contributed by atoms with E-state index < -0.39 is 11.9 Å². The highest BCUT2D eigenvalue weighted by molar-refractivity contribution is 6.15. The van der Waals surface area contributed by atoms with Crippen LogP contribution in [0, 0.1) is 5.92 Å². The SMILES string of the molecule is CN1C(=O)C(Cc2cccc3c2CCC32CCCCC2)C(=O)N(C)C1=O. The van der Waals surface area contributed by atoms with Crippen LogP contribution in [0.1, 0.15) is 55.2 Å². The number of urea groups is 1. The molecule has 0 N–H and O–H groups in total. The maximum absolute atomic E-state index is 12.5. The highest BCUT2D eigenvalue weighted by Gasteiger charge is 2.44. The third kappa shape index (κ3) is 2.48. The van der Waals surface area contributed by atoms with Crippen LogP contribution in [0.15, 0.2) is 18.2 Å². The van der Waals surface area contributed by atoms with E-state index in [0.717, 1.165) is 21.8 Å². The molecule has 4 rings (SSSR count). The Kier molecular flexibility index (Phi) is 4.13. The van der Waals surface area contributed by atoms with Gasteiger partial charge in [-0.2, -0.15) is 0 Å². The highest BCUT2D eigenvalue weighted by Crippen LogP contribution is 2.49. The first-order chi connectivity index (χ1) is 12.4. The third-order valence-electron chi connectivity index (χ3n) is 6.76. The second kappa shape index (κ2) is 6.22. The molecule has 26 heavy (non-hydrogen) atoms. The van der Waals surface area contributed by atoms with E-state index in [1.54, 1.807) is 0 Å². The third-order valence-corrected chi connectivity index (χ3v) is 6.76. The summed E-state index contributed by atoms with van der Waals surface area (Å²) in [6.45, 7) is 0. The molecule has 5 nitrogen and oxygen atoms in total. The highest BCUT2D eigenvalue weighted by atomic mass is 16.2. The summed E-state index contributed by atoms with van der Waals surface area (Å²) in [6, 6.07) is 5.84. The monoisotopic (exact) mass is 354 g/mol. The Morgan fingerprint density at radius 3 is 2.27 bits per heavy atom. The minimum atomic E-state index is -0.794. The normalized spacial score (nSPS) is 23.1. The molecule has 1 saturated carbocycles. The summed E-state index contributed by atoms with van der Waals surface area (Å²) in [4.78, 5) is 39.2. The molecule has 2 fully saturated rings. The summed E-state index contributed by atoms with van der Waals surface area (Å²) in [7, 11) is 2.90. The lowest BCUT2D eigenvalue weighted by Gasteiger charge is -2.35. The standard InChI is InChI=1S/C21H26N2O3/c1-22-18(24)16(19(25)23(2)20(22)26)13-14-7-6-8-17-15(14)9-12-21(17)10-4-3-5-11-21/h6-8,16H,3-5,9-13H2,1-2H3. The zero-order valence-electron chi connectivity index (χ0n) is 15.6. The molecule has 138 valence electrons. The predicted octanol–water partition coefficient (Wildman–Crippen LogP) is 3.04. The fourth-order valence-corrected chi connectivity index (χ4v) is 5.25. The van der Waals surface area contributed by atoms with Crippen molar-refractivity contribution in [2.45, 2.75) is 56.8 Å². The molecule has 1 heterocycles. The lowest BCUT2D eigenvalue weighted by Crippen LogP contribution is -2.57. The van der Waals surface area contributed by atoms with Crippen LogP contribution in [0.25, 0.3) is 0 Å². The van der Waals surface area contributed by atoms with Crippen molar-refractivity contribution in [1.29, 1.82) is 0 Å². The number of carbonyl (C=O) groups is 3. The van der Waals surface area contributed by atoms with Gasteiger partial charge in [-0.15, -0.1) is 0 Å². The zero-order valence-corrected chi connectivity index (χ0v) is 15.6. The van der Waals surface area contributed by atoms with Crippen molar-refractivity contribution in [2.75, 3.05) is 14.1 Å². The van der Waals surface area contributed by atoms with E-state index in [1.165, 1.54) is 63.7 Å². The van der Waals surface area contributed by atoms with Crippen molar-refractivity contribution in [3.63, 3.8) is 0 Å². The first-order valence-electron chi connectivity index (χ1n) is 9.65. The molecule has 1 spiro atoms. The van der Waals surface area contributed by atoms with E-state index in [9.17, 15) is 14.4 Å². The van der Waals surface area contributed by atoms with Gasteiger partial charge in [0.25, 0.3) is 0 Å². The van der Waals surface area contributed by atoms with Crippen molar-refractivity contribution >= 4 is 17.8 Å². The van der Waals surface area contributed by atoms with Gasteiger partial charge in [0.2, 0.25) is 11.8 Å². The van der Waals surface area contributed by atoms with Gasteiger partial charge < -0.3 is 0 Å². The zero-order chi connectivity index (χ0) is 18.5. The fraction of sp³-hybridized carbons (Fsp3) is 0.571. The van der Waals surface area contributed by atoms with E-state index in [1.807, 2.05) is 0 Å². The van der Waals surface area contributed by atoms with E-state index in [0.29, 0.717) is 11.8 Å². The summed E-state index contributed by atoms with van der Waals surface area (Å²) >= 11 is 0. The Morgan fingerprint density at radius 2 is 1.62 bits per heavy atom. The fourth-order valence-electron chi connectivity index (χ4n) is 5.25. The van der Waals surface area contributed by atoms with Gasteiger partial charge in [-0.3, -0.25) is 19.4 Å². The Hall–Kier alpha value is -2.17. The molecule has 5 heteroatoms. The summed E-state index contributed by atoms with van der Waals surface area (Å²) in [5.74, 6) is -1.57. The number of hydrogen-bond donors (Lipinski definition) is 0. The van der Waals surface area contributed by atoms with Crippen LogP contribution < -0.4 is 0 Å². The Labute approximate surface area is 154 Å². The minimum absolute atomic E-state index is 0.313. The maximum Gasteiger partial charge on any atom is 0.332 e. The molecule has 0 radical (unpaired) electrons. The average Bonchev–Trinajstić information content (AvgIpc) is 3.01. The predicted molar refractivity (Wildman–Crippen MR) is 97.7 cm³/mol. The van der Waals surface area contributed by atoms with Crippen molar-refractivity contribution < 1.29 is 14.4 Å². The smallest absolute Gasteiger partial charge is 0.273 e. The lowest BCUT2D eigenvalue weighted by molar-refractivity contribution is -0.147. The molecule has 3 aliphatic rings. The van der Waals surface area contributed by atoms with Gasteiger partial charge in [-0.05, 0) is 54.2 Å². The number of carbonyl (C=O) groups excluding carboxylic acids is 3. The summed E-state index contributed by atoms with van der Waals surface area (Å²) in [5, 5.41) is 0. The van der Waals surface area contributed by atoms with Gasteiger partial charge in [0.15, 0.2) is 0 Å². The van der Waals surface area contributed by atoms with Crippen molar-refractivity contribution in [2.24, 2.45) is 5.92 Å². The molecule has 1 saturated heterocycles. The number of hydrogen-bond acceptors (Lipinski definition) is 3. The van der Waals surface area contributed by atoms with Gasteiger partial charge in [-0.1, -0.05) is 37.5 Å². The number of fused-ring (bicyclic) bond motifs is 2. The van der Waals surface area contributed by atoms with Crippen LogP contribution in [0.5, 0.6) is 0 Å². The van der Waals surface area contributed by atoms with E-state index in [2.05, 4.69) is 18.2 Å². The molecule has 4 amide bonds. The first kappa shape index (κ1) is 17.3. The van der Waals surface area contributed by atoms with E-state index in [4.69, 9.17) is 0 Å². The van der Waals surface area contributed by atoms with Crippen LogP contribution >= 0.6 is 0 Å². The molecule has 2 aliphatic carbocycles. The van der Waals surface area contributed by atoms with E-state index >= 15 is 0 Å². The molecule has 0 unspecified atom stereocenters. The second-order valence-electron chi connectivity index (χ2n) is 8.12. The number of rotatable bonds is 2. The molecule has 0 bridgehead atoms. The van der Waals surface area contributed by atoms with Gasteiger partial charge in [0.05, 0.1) is 0 Å². The number of nitrogens with zero attached hydrogens (tertiary/aromatic N) is 2.